The first-order valence-electron chi connectivity index (χ1n) is 23.9. The lowest BCUT2D eigenvalue weighted by Crippen LogP contribution is -2.56. The Bertz CT molecular complexity index is 3100. The lowest BCUT2D eigenvalue weighted by molar-refractivity contribution is -0.143. The van der Waals surface area contributed by atoms with Gasteiger partial charge in [0.05, 0.1) is 38.2 Å². The topological polar surface area (TPSA) is 117 Å². The van der Waals surface area contributed by atoms with Crippen LogP contribution in [0.25, 0.3) is 43.8 Å². The molecule has 0 bridgehead atoms. The zero-order valence-corrected chi connectivity index (χ0v) is 41.7. The van der Waals surface area contributed by atoms with E-state index >= 15 is 0 Å². The summed E-state index contributed by atoms with van der Waals surface area (Å²) in [4.78, 5) is 52.5. The van der Waals surface area contributed by atoms with Gasteiger partial charge in [-0.3, -0.25) is 29.4 Å². The fourth-order valence-electron chi connectivity index (χ4n) is 9.18. The minimum Gasteiger partial charge on any atom is -0.481 e. The van der Waals surface area contributed by atoms with Crippen molar-refractivity contribution in [2.24, 2.45) is 0 Å². The normalized spacial score (nSPS) is 15.5. The van der Waals surface area contributed by atoms with Gasteiger partial charge in [0.2, 0.25) is 23.6 Å². The second-order valence-corrected chi connectivity index (χ2v) is 18.8. The summed E-state index contributed by atoms with van der Waals surface area (Å²) in [5, 5.41) is 5.67. The molecule has 2 amide bonds. The largest absolute Gasteiger partial charge is 0.481 e. The van der Waals surface area contributed by atoms with E-state index in [1.807, 2.05) is 89.1 Å². The van der Waals surface area contributed by atoms with E-state index in [9.17, 15) is 9.59 Å². The molecule has 1 atom stereocenters. The van der Waals surface area contributed by atoms with E-state index in [4.69, 9.17) is 32.7 Å². The molecule has 2 saturated heterocycles. The summed E-state index contributed by atoms with van der Waals surface area (Å²) in [6.07, 6.45) is 9.12. The number of pyridine rings is 4. The van der Waals surface area contributed by atoms with Gasteiger partial charge in [0.1, 0.15) is 0 Å². The Balaban J connectivity index is 0.000000176. The number of ether oxygens (including phenoxy) is 2. The first-order chi connectivity index (χ1) is 34.6. The predicted molar refractivity (Wildman–Crippen MR) is 281 cm³/mol. The van der Waals surface area contributed by atoms with Crippen LogP contribution in [0.5, 0.6) is 11.8 Å². The smallest absolute Gasteiger partial charge is 0.240 e. The molecule has 0 N–H and O–H groups in total. The van der Waals surface area contributed by atoms with Crippen molar-refractivity contribution in [3.05, 3.63) is 179 Å². The SMILES string of the molecule is CCC[C@H]1C(=O)N(Cc2ccc(-c3ccc(OC)nc3)cc2)CCN1Cc1cc2ccc(Cl)cc2cn1.COc1ccc(-c2ccc(CN3CCN(Cc4cc5ccc(Cl)cc5cn4)CC3=O)cc2)cn1. The van der Waals surface area contributed by atoms with Crippen molar-refractivity contribution >= 4 is 56.6 Å². The van der Waals surface area contributed by atoms with Crippen LogP contribution < -0.4 is 9.47 Å². The Labute approximate surface area is 424 Å². The van der Waals surface area contributed by atoms with Gasteiger partial charge in [-0.15, -0.1) is 0 Å². The maximum atomic E-state index is 13.5. The number of rotatable bonds is 14. The van der Waals surface area contributed by atoms with E-state index in [1.165, 1.54) is 0 Å². The molecule has 12 nitrogen and oxygen atoms in total. The van der Waals surface area contributed by atoms with E-state index in [0.717, 1.165) is 92.2 Å². The van der Waals surface area contributed by atoms with Crippen LogP contribution >= 0.6 is 23.2 Å². The van der Waals surface area contributed by atoms with Crippen LogP contribution in [0.1, 0.15) is 42.3 Å². The Morgan fingerprint density at radius 1 is 0.521 bits per heavy atom. The third-order valence-electron chi connectivity index (χ3n) is 13.1. The number of methoxy groups -OCH3 is 2. The molecule has 2 aliphatic heterocycles. The zero-order valence-electron chi connectivity index (χ0n) is 40.2. The van der Waals surface area contributed by atoms with E-state index in [2.05, 4.69) is 97.3 Å². The number of nitrogens with zero attached hydrogens (tertiary/aromatic N) is 8. The highest BCUT2D eigenvalue weighted by Crippen LogP contribution is 2.27. The van der Waals surface area contributed by atoms with Gasteiger partial charge in [0, 0.05) is 121 Å². The lowest BCUT2D eigenvalue weighted by Gasteiger charge is -2.40. The van der Waals surface area contributed by atoms with Crippen LogP contribution in [-0.2, 0) is 35.8 Å². The monoisotopic (exact) mass is 986 g/mol. The molecule has 4 aromatic heterocycles. The van der Waals surface area contributed by atoms with E-state index < -0.39 is 0 Å². The summed E-state index contributed by atoms with van der Waals surface area (Å²) in [5.41, 5.74) is 8.40. The van der Waals surface area contributed by atoms with Crippen LogP contribution in [0.3, 0.4) is 0 Å². The summed E-state index contributed by atoms with van der Waals surface area (Å²) >= 11 is 12.2. The molecular formula is C57H56Cl2N8O4. The summed E-state index contributed by atoms with van der Waals surface area (Å²) in [6, 6.07) is 40.0. The third-order valence-corrected chi connectivity index (χ3v) is 13.6. The van der Waals surface area contributed by atoms with Crippen molar-refractivity contribution in [1.82, 2.24) is 39.5 Å². The van der Waals surface area contributed by atoms with E-state index in [-0.39, 0.29) is 17.9 Å². The summed E-state index contributed by atoms with van der Waals surface area (Å²) in [5.74, 6) is 1.53. The number of aromatic nitrogens is 4. The number of hydrogen-bond acceptors (Lipinski definition) is 10. The zero-order chi connectivity index (χ0) is 49.3. The van der Waals surface area contributed by atoms with Gasteiger partial charge < -0.3 is 19.3 Å². The second kappa shape index (κ2) is 22.9. The maximum Gasteiger partial charge on any atom is 0.240 e. The molecule has 14 heteroatoms. The Hall–Kier alpha value is -6.96. The van der Waals surface area contributed by atoms with Crippen LogP contribution in [0.15, 0.2) is 146 Å². The van der Waals surface area contributed by atoms with Gasteiger partial charge in [-0.2, -0.15) is 0 Å². The number of halogens is 2. The molecule has 8 aromatic rings. The summed E-state index contributed by atoms with van der Waals surface area (Å²) in [6.45, 7) is 8.12. The molecule has 0 aliphatic carbocycles. The highest BCUT2D eigenvalue weighted by atomic mass is 35.5. The van der Waals surface area contributed by atoms with Crippen LogP contribution in [0.2, 0.25) is 10.0 Å². The van der Waals surface area contributed by atoms with Crippen molar-refractivity contribution in [2.45, 2.75) is 52.0 Å². The molecule has 2 fully saturated rings. The Morgan fingerprint density at radius 3 is 1.52 bits per heavy atom. The fraction of sp³-hybridized carbons (Fsp3) is 0.263. The minimum absolute atomic E-state index is 0.133. The third kappa shape index (κ3) is 12.3. The van der Waals surface area contributed by atoms with Gasteiger partial charge in [0.25, 0.3) is 0 Å². The molecule has 4 aromatic carbocycles. The molecule has 6 heterocycles. The summed E-state index contributed by atoms with van der Waals surface area (Å²) < 4.78 is 10.3. The van der Waals surface area contributed by atoms with Gasteiger partial charge in [-0.1, -0.05) is 97.2 Å². The molecule has 0 saturated carbocycles. The second-order valence-electron chi connectivity index (χ2n) is 18.0. The average Bonchev–Trinajstić information content (AvgIpc) is 3.40. The fourth-order valence-corrected chi connectivity index (χ4v) is 9.54. The van der Waals surface area contributed by atoms with Crippen molar-refractivity contribution in [3.8, 4) is 34.0 Å². The van der Waals surface area contributed by atoms with Crippen molar-refractivity contribution < 1.29 is 19.1 Å². The number of amides is 2. The molecule has 0 radical (unpaired) electrons. The standard InChI is InChI=1S/C30H31ClN4O2.C27H25ClN4O2/c1-3-4-28-30(36)35(19-21-5-7-22(8-6-21)24-10-12-29(37-2)33-17-24)14-13-34(28)20-27-16-23-9-11-26(31)15-25(23)18-32-27;1-34-26-9-7-22(14-30-26)20-4-2-19(3-5-20)16-32-11-10-31(18-27(32)33)17-25-13-21-6-8-24(28)12-23(21)15-29-25/h5-12,15-18,28H,3-4,13-14,19-20H2,1-2H3;2-9,12-15H,10-11,16-18H2,1H3/t28-;/m0./s1. The predicted octanol–water partition coefficient (Wildman–Crippen LogP) is 10.8. The number of hydrogen-bond donors (Lipinski definition) is 0. The Kier molecular flexibility index (Phi) is 15.8. The van der Waals surface area contributed by atoms with Crippen molar-refractivity contribution in [3.63, 3.8) is 0 Å². The Morgan fingerprint density at radius 2 is 1.03 bits per heavy atom. The van der Waals surface area contributed by atoms with Gasteiger partial charge in [-0.05, 0) is 88.0 Å². The molecule has 0 spiro atoms. The molecule has 2 aliphatic rings. The van der Waals surface area contributed by atoms with Gasteiger partial charge >= 0.3 is 0 Å². The van der Waals surface area contributed by atoms with Crippen LogP contribution in [0, 0.1) is 0 Å². The van der Waals surface area contributed by atoms with Crippen LogP contribution in [-0.4, -0.2) is 104 Å². The molecule has 0 unspecified atom stereocenters. The molecule has 10 rings (SSSR count). The summed E-state index contributed by atoms with van der Waals surface area (Å²) in [7, 11) is 3.22. The van der Waals surface area contributed by atoms with Crippen LogP contribution in [0.4, 0.5) is 0 Å². The first kappa shape index (κ1) is 49.0. The highest BCUT2D eigenvalue weighted by Gasteiger charge is 2.34. The number of carbonyl (C=O) groups excluding carboxylic acids is 2. The van der Waals surface area contributed by atoms with Crippen molar-refractivity contribution in [2.75, 3.05) is 46.9 Å². The number of carbonyl (C=O) groups is 2. The van der Waals surface area contributed by atoms with E-state index in [1.54, 1.807) is 20.4 Å². The average molecular weight is 988 g/mol. The molecule has 71 heavy (non-hydrogen) atoms. The first-order valence-corrected chi connectivity index (χ1v) is 24.7. The molecule has 362 valence electrons. The maximum absolute atomic E-state index is 13.5. The van der Waals surface area contributed by atoms with Gasteiger partial charge in [0.15, 0.2) is 0 Å². The minimum atomic E-state index is -0.133. The van der Waals surface area contributed by atoms with Gasteiger partial charge in [-0.25, -0.2) is 9.97 Å². The number of piperazine rings is 2. The highest BCUT2D eigenvalue weighted by molar-refractivity contribution is 6.31. The molecular weight excluding hydrogens is 932 g/mol. The lowest BCUT2D eigenvalue weighted by atomic mass is 10.0. The quantitative estimate of drug-likeness (QED) is 0.104. The van der Waals surface area contributed by atoms with E-state index in [0.29, 0.717) is 67.6 Å². The number of fused-ring (bicyclic) bond motifs is 2. The number of benzene rings is 4. The van der Waals surface area contributed by atoms with Crippen molar-refractivity contribution in [1.29, 1.82) is 0 Å².